The van der Waals surface area contributed by atoms with Crippen LogP contribution < -0.4 is 4.83 Å². The smallest absolute Gasteiger partial charge is 0.400 e. The fourth-order valence-electron chi connectivity index (χ4n) is 1.32. The lowest BCUT2D eigenvalue weighted by Crippen LogP contribution is -2.18. The quantitative estimate of drug-likeness (QED) is 0.510. The average molecular weight is 295 g/mol. The van der Waals surface area contributed by atoms with E-state index in [1.165, 1.54) is 18.2 Å². The van der Waals surface area contributed by atoms with Crippen molar-refractivity contribution in [1.29, 1.82) is 0 Å². The third-order valence-electron chi connectivity index (χ3n) is 2.21. The van der Waals surface area contributed by atoms with Crippen molar-refractivity contribution in [2.45, 2.75) is 4.90 Å². The van der Waals surface area contributed by atoms with Gasteiger partial charge in [0.15, 0.2) is 5.76 Å². The van der Waals surface area contributed by atoms with Gasteiger partial charge in [-0.05, 0) is 18.2 Å². The molecule has 0 saturated heterocycles. The molecule has 0 spiro atoms. The zero-order chi connectivity index (χ0) is 14.6. The van der Waals surface area contributed by atoms with Gasteiger partial charge in [0.2, 0.25) is 0 Å². The van der Waals surface area contributed by atoms with Crippen molar-refractivity contribution in [3.63, 3.8) is 0 Å². The lowest BCUT2D eigenvalue weighted by atomic mass is 10.4. The molecule has 1 aromatic carbocycles. The van der Waals surface area contributed by atoms with Crippen LogP contribution in [0.25, 0.3) is 0 Å². The highest BCUT2D eigenvalue weighted by Gasteiger charge is 2.12. The van der Waals surface area contributed by atoms with Crippen LogP contribution in [-0.2, 0) is 10.0 Å². The number of hydrazone groups is 1. The number of hydrogen-bond acceptors (Lipinski definition) is 6. The predicted molar refractivity (Wildman–Crippen MR) is 69.7 cm³/mol. The van der Waals surface area contributed by atoms with Crippen LogP contribution in [0.1, 0.15) is 5.76 Å². The molecule has 0 aliphatic carbocycles. The number of sulfonamides is 1. The molecule has 1 heterocycles. The van der Waals surface area contributed by atoms with Gasteiger partial charge in [-0.1, -0.05) is 18.2 Å². The number of benzene rings is 1. The van der Waals surface area contributed by atoms with E-state index >= 15 is 0 Å². The van der Waals surface area contributed by atoms with E-state index in [4.69, 9.17) is 4.42 Å². The Hall–Kier alpha value is -2.68. The highest BCUT2D eigenvalue weighted by molar-refractivity contribution is 7.89. The number of rotatable bonds is 5. The molecule has 0 saturated carbocycles. The number of nitrogens with zero attached hydrogens (tertiary/aromatic N) is 2. The molecule has 0 aliphatic heterocycles. The van der Waals surface area contributed by atoms with E-state index in [1.807, 2.05) is 4.83 Å². The van der Waals surface area contributed by atoms with Crippen molar-refractivity contribution in [3.05, 3.63) is 58.3 Å². The molecular formula is C11H9N3O5S. The maximum Gasteiger partial charge on any atom is 0.433 e. The Labute approximate surface area is 113 Å². The van der Waals surface area contributed by atoms with E-state index in [2.05, 4.69) is 5.10 Å². The minimum Gasteiger partial charge on any atom is -0.400 e. The summed E-state index contributed by atoms with van der Waals surface area (Å²) in [4.78, 5) is 11.7. The first kappa shape index (κ1) is 13.7. The van der Waals surface area contributed by atoms with Crippen molar-refractivity contribution >= 4 is 22.1 Å². The average Bonchev–Trinajstić information content (AvgIpc) is 2.89. The molecule has 0 amide bonds. The van der Waals surface area contributed by atoms with E-state index in [0.717, 1.165) is 12.3 Å². The third kappa shape index (κ3) is 3.20. The van der Waals surface area contributed by atoms with E-state index < -0.39 is 20.8 Å². The lowest BCUT2D eigenvalue weighted by molar-refractivity contribution is -0.402. The molecule has 0 fully saturated rings. The molecule has 0 aliphatic rings. The summed E-state index contributed by atoms with van der Waals surface area (Å²) in [6, 6.07) is 10.1. The number of furan rings is 1. The first-order valence-corrected chi connectivity index (χ1v) is 6.81. The predicted octanol–water partition coefficient (Wildman–Crippen LogP) is 1.50. The minimum absolute atomic E-state index is 0.0579. The second-order valence-corrected chi connectivity index (χ2v) is 5.26. The van der Waals surface area contributed by atoms with Gasteiger partial charge in [-0.15, -0.1) is 0 Å². The van der Waals surface area contributed by atoms with Gasteiger partial charge in [-0.2, -0.15) is 18.4 Å². The molecule has 0 bridgehead atoms. The molecule has 1 N–H and O–H groups in total. The van der Waals surface area contributed by atoms with E-state index in [9.17, 15) is 18.5 Å². The van der Waals surface area contributed by atoms with Crippen LogP contribution in [-0.4, -0.2) is 19.6 Å². The molecule has 104 valence electrons. The molecule has 8 nitrogen and oxygen atoms in total. The highest BCUT2D eigenvalue weighted by Crippen LogP contribution is 2.13. The Balaban J connectivity index is 2.08. The number of nitro groups is 1. The Morgan fingerprint density at radius 1 is 1.20 bits per heavy atom. The fourth-order valence-corrected chi connectivity index (χ4v) is 2.13. The van der Waals surface area contributed by atoms with Crippen LogP contribution in [0, 0.1) is 10.1 Å². The summed E-state index contributed by atoms with van der Waals surface area (Å²) in [5.74, 6) is -0.384. The van der Waals surface area contributed by atoms with Crippen LogP contribution in [0.2, 0.25) is 0 Å². The molecule has 20 heavy (non-hydrogen) atoms. The standard InChI is InChI=1S/C11H9N3O5S/c15-14(16)11-7-6-9(19-11)8-12-13-20(17,18)10-4-2-1-3-5-10/h1-8,13H/b12-8+. The zero-order valence-electron chi connectivity index (χ0n) is 9.96. The Kier molecular flexibility index (Phi) is 3.80. The van der Waals surface area contributed by atoms with Gasteiger partial charge >= 0.3 is 5.88 Å². The maximum atomic E-state index is 11.8. The summed E-state index contributed by atoms with van der Waals surface area (Å²) in [6.07, 6.45) is 1.04. The van der Waals surface area contributed by atoms with Crippen LogP contribution in [0.4, 0.5) is 5.88 Å². The molecule has 0 radical (unpaired) electrons. The molecule has 2 rings (SSSR count). The summed E-state index contributed by atoms with van der Waals surface area (Å²) in [5, 5.41) is 13.9. The van der Waals surface area contributed by atoms with Gasteiger partial charge < -0.3 is 4.42 Å². The minimum atomic E-state index is -3.76. The van der Waals surface area contributed by atoms with Gasteiger partial charge in [0.25, 0.3) is 10.0 Å². The van der Waals surface area contributed by atoms with Crippen LogP contribution >= 0.6 is 0 Å². The van der Waals surface area contributed by atoms with Crippen LogP contribution in [0.3, 0.4) is 0 Å². The monoisotopic (exact) mass is 295 g/mol. The largest absolute Gasteiger partial charge is 0.433 e. The van der Waals surface area contributed by atoms with Crippen molar-refractivity contribution in [3.8, 4) is 0 Å². The first-order chi connectivity index (χ1) is 9.49. The summed E-state index contributed by atoms with van der Waals surface area (Å²) in [6.45, 7) is 0. The molecule has 9 heteroatoms. The Morgan fingerprint density at radius 2 is 1.90 bits per heavy atom. The SMILES string of the molecule is O=[N+]([O-])c1ccc(/C=N/NS(=O)(=O)c2ccccc2)o1. The van der Waals surface area contributed by atoms with Crippen molar-refractivity contribution < 1.29 is 17.8 Å². The number of nitrogens with one attached hydrogen (secondary N) is 1. The van der Waals surface area contributed by atoms with E-state index in [1.54, 1.807) is 18.2 Å². The second kappa shape index (κ2) is 5.53. The second-order valence-electron chi connectivity index (χ2n) is 3.60. The van der Waals surface area contributed by atoms with Gasteiger partial charge in [-0.3, -0.25) is 10.1 Å². The summed E-state index contributed by atoms with van der Waals surface area (Å²) < 4.78 is 28.3. The van der Waals surface area contributed by atoms with Crippen molar-refractivity contribution in [1.82, 2.24) is 4.83 Å². The lowest BCUT2D eigenvalue weighted by Gasteiger charge is -2.01. The molecule has 0 unspecified atom stereocenters. The van der Waals surface area contributed by atoms with Gasteiger partial charge in [0.05, 0.1) is 17.2 Å². The maximum absolute atomic E-state index is 11.8. The van der Waals surface area contributed by atoms with E-state index in [-0.39, 0.29) is 10.7 Å². The van der Waals surface area contributed by atoms with Gasteiger partial charge in [0.1, 0.15) is 4.92 Å². The topological polar surface area (TPSA) is 115 Å². The highest BCUT2D eigenvalue weighted by atomic mass is 32.2. The third-order valence-corrected chi connectivity index (χ3v) is 3.45. The van der Waals surface area contributed by atoms with Crippen LogP contribution in [0.15, 0.2) is 56.9 Å². The number of hydrogen-bond donors (Lipinski definition) is 1. The summed E-state index contributed by atoms with van der Waals surface area (Å²) in [5.41, 5.74) is 0. The Morgan fingerprint density at radius 3 is 2.50 bits per heavy atom. The molecular weight excluding hydrogens is 286 g/mol. The first-order valence-electron chi connectivity index (χ1n) is 5.33. The Bertz CT molecular complexity index is 736. The summed E-state index contributed by atoms with van der Waals surface area (Å²) >= 11 is 0. The zero-order valence-corrected chi connectivity index (χ0v) is 10.8. The normalized spacial score (nSPS) is 11.6. The van der Waals surface area contributed by atoms with Crippen LogP contribution in [0.5, 0.6) is 0 Å². The fraction of sp³-hybridized carbons (Fsp3) is 0. The molecule has 2 aromatic rings. The van der Waals surface area contributed by atoms with Crippen molar-refractivity contribution in [2.24, 2.45) is 5.10 Å². The molecule has 0 atom stereocenters. The van der Waals surface area contributed by atoms with Gasteiger partial charge in [-0.25, -0.2) is 0 Å². The van der Waals surface area contributed by atoms with E-state index in [0.29, 0.717) is 0 Å². The van der Waals surface area contributed by atoms with Gasteiger partial charge in [0, 0.05) is 0 Å². The summed E-state index contributed by atoms with van der Waals surface area (Å²) in [7, 11) is -3.76. The molecule has 1 aromatic heterocycles. The van der Waals surface area contributed by atoms with Crippen molar-refractivity contribution in [2.75, 3.05) is 0 Å².